The molecule has 1 aliphatic carbocycles. The van der Waals surface area contributed by atoms with Gasteiger partial charge in [-0.25, -0.2) is 4.79 Å². The molecule has 0 heterocycles. The van der Waals surface area contributed by atoms with Gasteiger partial charge in [0.25, 0.3) is 5.91 Å². The van der Waals surface area contributed by atoms with Crippen LogP contribution in [-0.4, -0.2) is 38.1 Å². The number of anilines is 2. The third-order valence-corrected chi connectivity index (χ3v) is 4.88. The molecule has 3 aromatic carbocycles. The first-order valence-corrected chi connectivity index (χ1v) is 9.69. The van der Waals surface area contributed by atoms with Crippen molar-refractivity contribution in [3.8, 4) is 11.1 Å². The predicted octanol–water partition coefficient (Wildman–Crippen LogP) is 4.35. The van der Waals surface area contributed by atoms with Crippen LogP contribution in [0.1, 0.15) is 26.3 Å². The summed E-state index contributed by atoms with van der Waals surface area (Å²) < 4.78 is 9.79. The van der Waals surface area contributed by atoms with Crippen molar-refractivity contribution >= 4 is 29.2 Å². The maximum atomic E-state index is 12.8. The molecule has 4 rings (SSSR count). The summed E-state index contributed by atoms with van der Waals surface area (Å²) in [6.45, 7) is 0.442. The number of fused-ring (bicyclic) bond motifs is 3. The van der Waals surface area contributed by atoms with Crippen LogP contribution < -0.4 is 10.6 Å². The third kappa shape index (κ3) is 4.31. The molecule has 2 amide bonds. The number of methoxy groups -OCH3 is 1. The van der Waals surface area contributed by atoms with Gasteiger partial charge in [0.1, 0.15) is 6.61 Å². The number of carbonyl (C=O) groups excluding carboxylic acids is 3. The first-order valence-electron chi connectivity index (χ1n) is 9.69. The zero-order valence-electron chi connectivity index (χ0n) is 16.8. The summed E-state index contributed by atoms with van der Waals surface area (Å²) in [5, 5.41) is 5.38. The van der Waals surface area contributed by atoms with Gasteiger partial charge in [-0.1, -0.05) is 36.4 Å². The zero-order valence-corrected chi connectivity index (χ0v) is 16.8. The van der Waals surface area contributed by atoms with Crippen molar-refractivity contribution in [2.45, 2.75) is 0 Å². The number of hydrogen-bond acceptors (Lipinski definition) is 5. The van der Waals surface area contributed by atoms with E-state index in [-0.39, 0.29) is 18.3 Å². The molecule has 0 aliphatic heterocycles. The number of rotatable bonds is 6. The predicted molar refractivity (Wildman–Crippen MR) is 117 cm³/mol. The highest BCUT2D eigenvalue weighted by molar-refractivity contribution is 6.22. The number of hydrogen-bond donors (Lipinski definition) is 2. The van der Waals surface area contributed by atoms with Crippen LogP contribution in [0.5, 0.6) is 0 Å². The molecule has 0 saturated carbocycles. The fraction of sp³-hybridized carbons (Fsp3) is 0.125. The van der Waals surface area contributed by atoms with Crippen molar-refractivity contribution in [3.05, 3.63) is 83.4 Å². The second-order valence-corrected chi connectivity index (χ2v) is 6.92. The highest BCUT2D eigenvalue weighted by Gasteiger charge is 2.27. The van der Waals surface area contributed by atoms with Crippen molar-refractivity contribution < 1.29 is 23.9 Å². The van der Waals surface area contributed by atoms with Crippen LogP contribution >= 0.6 is 0 Å². The third-order valence-electron chi connectivity index (χ3n) is 4.88. The molecular formula is C24H20N2O5. The first-order chi connectivity index (χ1) is 15.1. The lowest BCUT2D eigenvalue weighted by molar-refractivity contribution is 0.102. The van der Waals surface area contributed by atoms with E-state index in [1.54, 1.807) is 48.5 Å². The molecule has 0 unspecified atom stereocenters. The summed E-state index contributed by atoms with van der Waals surface area (Å²) in [5.74, 6) is -0.440. The van der Waals surface area contributed by atoms with E-state index < -0.39 is 6.09 Å². The first kappa shape index (κ1) is 20.3. The summed E-state index contributed by atoms with van der Waals surface area (Å²) in [6.07, 6.45) is -0.614. The highest BCUT2D eigenvalue weighted by Crippen LogP contribution is 2.36. The summed E-state index contributed by atoms with van der Waals surface area (Å²) in [7, 11) is 1.52. The fourth-order valence-electron chi connectivity index (χ4n) is 3.42. The molecule has 0 bridgehead atoms. The molecule has 0 spiro atoms. The van der Waals surface area contributed by atoms with Gasteiger partial charge in [0.2, 0.25) is 0 Å². The number of ketones is 1. The molecule has 0 aromatic heterocycles. The Bertz CT molecular complexity index is 1170. The Kier molecular flexibility index (Phi) is 5.77. The average molecular weight is 416 g/mol. The summed E-state index contributed by atoms with van der Waals surface area (Å²) >= 11 is 0. The van der Waals surface area contributed by atoms with Gasteiger partial charge in [0.05, 0.1) is 6.61 Å². The van der Waals surface area contributed by atoms with Gasteiger partial charge in [-0.05, 0) is 41.5 Å². The van der Waals surface area contributed by atoms with Crippen molar-refractivity contribution in [2.75, 3.05) is 31.0 Å². The SMILES string of the molecule is COCCOC(=O)Nc1cccc(NC(=O)c2ccc3c(c2)C(=O)c2ccccc2-3)c1. The van der Waals surface area contributed by atoms with Crippen LogP contribution in [0.2, 0.25) is 0 Å². The molecule has 7 nitrogen and oxygen atoms in total. The van der Waals surface area contributed by atoms with E-state index in [1.807, 2.05) is 18.2 Å². The van der Waals surface area contributed by atoms with Crippen LogP contribution in [0, 0.1) is 0 Å². The molecule has 0 radical (unpaired) electrons. The molecule has 3 aromatic rings. The summed E-state index contributed by atoms with van der Waals surface area (Å²) in [6, 6.07) is 19.2. The van der Waals surface area contributed by atoms with Gasteiger partial charge in [0.15, 0.2) is 5.78 Å². The maximum Gasteiger partial charge on any atom is 0.411 e. The van der Waals surface area contributed by atoms with Crippen LogP contribution in [0.25, 0.3) is 11.1 Å². The van der Waals surface area contributed by atoms with Gasteiger partial charge >= 0.3 is 6.09 Å². The topological polar surface area (TPSA) is 93.7 Å². The lowest BCUT2D eigenvalue weighted by atomic mass is 10.0. The second kappa shape index (κ2) is 8.81. The molecule has 0 fully saturated rings. The quantitative estimate of drug-likeness (QED) is 0.456. The number of carbonyl (C=O) groups is 3. The van der Waals surface area contributed by atoms with E-state index >= 15 is 0 Å². The number of benzene rings is 3. The van der Waals surface area contributed by atoms with Crippen LogP contribution in [-0.2, 0) is 9.47 Å². The standard InChI is InChI=1S/C24H20N2O5/c1-30-11-12-31-24(29)26-17-6-4-5-16(14-17)25-23(28)15-9-10-19-18-7-2-3-8-20(18)22(27)21(19)13-15/h2-10,13-14H,11-12H2,1H3,(H,25,28)(H,26,29). The Balaban J connectivity index is 1.46. The molecule has 156 valence electrons. The maximum absolute atomic E-state index is 12.8. The molecule has 2 N–H and O–H groups in total. The molecule has 7 heteroatoms. The lowest BCUT2D eigenvalue weighted by Crippen LogP contribution is -2.17. The van der Waals surface area contributed by atoms with Gasteiger partial charge < -0.3 is 14.8 Å². The molecule has 0 atom stereocenters. The van der Waals surface area contributed by atoms with Gasteiger partial charge in [-0.15, -0.1) is 0 Å². The second-order valence-electron chi connectivity index (χ2n) is 6.92. The van der Waals surface area contributed by atoms with Crippen LogP contribution in [0.4, 0.5) is 16.2 Å². The summed E-state index contributed by atoms with van der Waals surface area (Å²) in [5.41, 5.74) is 4.21. The fourth-order valence-corrected chi connectivity index (χ4v) is 3.42. The van der Waals surface area contributed by atoms with Crippen LogP contribution in [0.15, 0.2) is 66.7 Å². The van der Waals surface area contributed by atoms with Gasteiger partial charge in [-0.3, -0.25) is 14.9 Å². The van der Waals surface area contributed by atoms with Crippen LogP contribution in [0.3, 0.4) is 0 Å². The Morgan fingerprint density at radius 1 is 0.774 bits per heavy atom. The van der Waals surface area contributed by atoms with Crippen molar-refractivity contribution in [1.82, 2.24) is 0 Å². The molecule has 0 saturated heterocycles. The average Bonchev–Trinajstić information content (AvgIpc) is 3.06. The molecule has 31 heavy (non-hydrogen) atoms. The Hall–Kier alpha value is -3.97. The van der Waals surface area contributed by atoms with Gasteiger partial charge in [0, 0.05) is 35.2 Å². The van der Waals surface area contributed by atoms with E-state index in [1.165, 1.54) is 7.11 Å². The number of nitrogens with one attached hydrogen (secondary N) is 2. The van der Waals surface area contributed by atoms with E-state index in [0.717, 1.165) is 11.1 Å². The Labute approximate surface area is 179 Å². The monoisotopic (exact) mass is 416 g/mol. The van der Waals surface area contributed by atoms with Crippen molar-refractivity contribution in [2.24, 2.45) is 0 Å². The molecular weight excluding hydrogens is 396 g/mol. The largest absolute Gasteiger partial charge is 0.447 e. The van der Waals surface area contributed by atoms with Gasteiger partial charge in [-0.2, -0.15) is 0 Å². The zero-order chi connectivity index (χ0) is 21.8. The van der Waals surface area contributed by atoms with E-state index in [4.69, 9.17) is 9.47 Å². The Morgan fingerprint density at radius 3 is 2.26 bits per heavy atom. The van der Waals surface area contributed by atoms with E-state index in [0.29, 0.717) is 34.7 Å². The highest BCUT2D eigenvalue weighted by atomic mass is 16.6. The van der Waals surface area contributed by atoms with Crippen molar-refractivity contribution in [1.29, 1.82) is 0 Å². The van der Waals surface area contributed by atoms with E-state index in [9.17, 15) is 14.4 Å². The number of ether oxygens (including phenoxy) is 2. The van der Waals surface area contributed by atoms with Crippen molar-refractivity contribution in [3.63, 3.8) is 0 Å². The lowest BCUT2D eigenvalue weighted by Gasteiger charge is -2.10. The smallest absolute Gasteiger partial charge is 0.411 e. The normalized spacial score (nSPS) is 11.5. The van der Waals surface area contributed by atoms with E-state index in [2.05, 4.69) is 10.6 Å². The minimum Gasteiger partial charge on any atom is -0.447 e. The minimum absolute atomic E-state index is 0.0848. The summed E-state index contributed by atoms with van der Waals surface area (Å²) in [4.78, 5) is 37.2. The number of amides is 2. The Morgan fingerprint density at radius 2 is 1.48 bits per heavy atom. The molecule has 1 aliphatic rings. The minimum atomic E-state index is -0.614.